The number of nitrogens with zero attached hydrogens (tertiary/aromatic N) is 2. The molecule has 0 spiro atoms. The van der Waals surface area contributed by atoms with Gasteiger partial charge in [0.1, 0.15) is 0 Å². The van der Waals surface area contributed by atoms with E-state index in [1.165, 1.54) is 24.9 Å². The van der Waals surface area contributed by atoms with Gasteiger partial charge in [0.15, 0.2) is 17.5 Å². The molecule has 7 heteroatoms. The third-order valence-electron chi connectivity index (χ3n) is 5.10. The van der Waals surface area contributed by atoms with Gasteiger partial charge >= 0.3 is 0 Å². The van der Waals surface area contributed by atoms with Crippen molar-refractivity contribution >= 4 is 29.9 Å². The number of methoxy groups -OCH3 is 1. The van der Waals surface area contributed by atoms with Gasteiger partial charge in [-0.05, 0) is 63.4 Å². The number of ether oxygens (including phenoxy) is 2. The number of hydrogen-bond acceptors (Lipinski definition) is 4. The maximum atomic E-state index is 5.66. The molecule has 0 aromatic heterocycles. The van der Waals surface area contributed by atoms with Crippen LogP contribution in [0.4, 0.5) is 0 Å². The van der Waals surface area contributed by atoms with Crippen molar-refractivity contribution in [2.24, 2.45) is 4.99 Å². The van der Waals surface area contributed by atoms with Crippen molar-refractivity contribution in [1.82, 2.24) is 15.5 Å². The highest BCUT2D eigenvalue weighted by Gasteiger charge is 2.22. The zero-order chi connectivity index (χ0) is 19.5. The van der Waals surface area contributed by atoms with E-state index in [1.54, 1.807) is 7.11 Å². The van der Waals surface area contributed by atoms with E-state index in [2.05, 4.69) is 39.6 Å². The molecule has 0 saturated carbocycles. The van der Waals surface area contributed by atoms with Crippen LogP contribution in [0.5, 0.6) is 11.5 Å². The molecule has 160 valence electrons. The second-order valence-corrected chi connectivity index (χ2v) is 6.83. The third-order valence-corrected chi connectivity index (χ3v) is 5.10. The first kappa shape index (κ1) is 24.8. The number of nitrogens with one attached hydrogen (secondary N) is 2. The number of likely N-dealkylation sites (tertiary alicyclic amines) is 1. The summed E-state index contributed by atoms with van der Waals surface area (Å²) in [6, 6.07) is 6.79. The second-order valence-electron chi connectivity index (χ2n) is 6.83. The molecule has 0 amide bonds. The minimum atomic E-state index is 0. The predicted molar refractivity (Wildman–Crippen MR) is 128 cm³/mol. The largest absolute Gasteiger partial charge is 0.493 e. The van der Waals surface area contributed by atoms with E-state index in [-0.39, 0.29) is 24.0 Å². The lowest BCUT2D eigenvalue weighted by Gasteiger charge is -2.24. The minimum Gasteiger partial charge on any atom is -0.493 e. The number of rotatable bonds is 10. The van der Waals surface area contributed by atoms with Crippen LogP contribution in [0.3, 0.4) is 0 Å². The van der Waals surface area contributed by atoms with Crippen LogP contribution in [-0.2, 0) is 6.42 Å². The summed E-state index contributed by atoms with van der Waals surface area (Å²) < 4.78 is 11.0. The summed E-state index contributed by atoms with van der Waals surface area (Å²) in [5.41, 5.74) is 1.26. The summed E-state index contributed by atoms with van der Waals surface area (Å²) in [6.07, 6.45) is 4.60. The molecule has 1 aromatic rings. The number of benzene rings is 1. The molecule has 0 radical (unpaired) electrons. The van der Waals surface area contributed by atoms with Gasteiger partial charge in [0.2, 0.25) is 0 Å². The van der Waals surface area contributed by atoms with E-state index in [1.807, 2.05) is 20.0 Å². The monoisotopic (exact) mass is 504 g/mol. The highest BCUT2D eigenvalue weighted by Crippen LogP contribution is 2.28. The topological polar surface area (TPSA) is 58.1 Å². The molecule has 0 bridgehead atoms. The molecule has 1 saturated heterocycles. The van der Waals surface area contributed by atoms with Crippen molar-refractivity contribution in [3.63, 3.8) is 0 Å². The van der Waals surface area contributed by atoms with E-state index in [9.17, 15) is 0 Å². The molecule has 1 aromatic carbocycles. The van der Waals surface area contributed by atoms with E-state index in [4.69, 9.17) is 9.47 Å². The maximum Gasteiger partial charge on any atom is 0.191 e. The van der Waals surface area contributed by atoms with Gasteiger partial charge in [0, 0.05) is 26.2 Å². The molecule has 1 fully saturated rings. The number of likely N-dealkylation sites (N-methyl/N-ethyl adjacent to an activating group) is 1. The summed E-state index contributed by atoms with van der Waals surface area (Å²) in [4.78, 5) is 6.89. The van der Waals surface area contributed by atoms with Crippen molar-refractivity contribution in [1.29, 1.82) is 0 Å². The van der Waals surface area contributed by atoms with Crippen molar-refractivity contribution in [3.05, 3.63) is 23.8 Å². The Bertz CT molecular complexity index is 598. The van der Waals surface area contributed by atoms with E-state index in [0.29, 0.717) is 12.6 Å². The Kier molecular flexibility index (Phi) is 12.3. The summed E-state index contributed by atoms with van der Waals surface area (Å²) in [5.74, 6) is 2.50. The van der Waals surface area contributed by atoms with Crippen molar-refractivity contribution in [2.75, 3.05) is 46.9 Å². The molecule has 2 N–H and O–H groups in total. The Labute approximate surface area is 187 Å². The molecular weight excluding hydrogens is 467 g/mol. The third kappa shape index (κ3) is 7.66. The number of hydrogen-bond donors (Lipinski definition) is 2. The molecule has 1 atom stereocenters. The molecule has 1 aliphatic heterocycles. The predicted octanol–water partition coefficient (Wildman–Crippen LogP) is 3.29. The first-order valence-corrected chi connectivity index (χ1v) is 10.2. The highest BCUT2D eigenvalue weighted by atomic mass is 127. The lowest BCUT2D eigenvalue weighted by atomic mass is 10.1. The first-order valence-electron chi connectivity index (χ1n) is 10.2. The highest BCUT2D eigenvalue weighted by molar-refractivity contribution is 14.0. The van der Waals surface area contributed by atoms with Crippen LogP contribution in [0.2, 0.25) is 0 Å². The molecule has 1 aliphatic rings. The van der Waals surface area contributed by atoms with Gasteiger partial charge in [-0.15, -0.1) is 24.0 Å². The van der Waals surface area contributed by atoms with E-state index >= 15 is 0 Å². The van der Waals surface area contributed by atoms with Crippen molar-refractivity contribution < 1.29 is 9.47 Å². The van der Waals surface area contributed by atoms with E-state index < -0.39 is 0 Å². The fourth-order valence-electron chi connectivity index (χ4n) is 3.62. The minimum absolute atomic E-state index is 0. The van der Waals surface area contributed by atoms with Crippen LogP contribution < -0.4 is 20.1 Å². The van der Waals surface area contributed by atoms with Gasteiger partial charge in [0.25, 0.3) is 0 Å². The maximum absolute atomic E-state index is 5.66. The molecular formula is C21H37IN4O2. The molecule has 6 nitrogen and oxygen atoms in total. The molecule has 0 aliphatic carbocycles. The van der Waals surface area contributed by atoms with Gasteiger partial charge in [0.05, 0.1) is 13.7 Å². The molecule has 1 heterocycles. The SMILES string of the molecule is CCOc1cc(CCCNC(=NC)NCC2CCCN2CC)ccc1OC.I. The standard InChI is InChI=1S/C21H36N4O2.HI/c1-5-25-14-8-10-18(25)16-24-21(22-3)23-13-7-9-17-11-12-19(26-4)20(15-17)27-6-2;/h11-12,15,18H,5-10,13-14,16H2,1-4H3,(H2,22,23,24);1H. The summed E-state index contributed by atoms with van der Waals surface area (Å²) in [6.45, 7) is 9.06. The first-order chi connectivity index (χ1) is 13.2. The van der Waals surface area contributed by atoms with Crippen LogP contribution in [0.15, 0.2) is 23.2 Å². The fourth-order valence-corrected chi connectivity index (χ4v) is 3.62. The van der Waals surface area contributed by atoms with Gasteiger partial charge < -0.3 is 20.1 Å². The van der Waals surface area contributed by atoms with Crippen LogP contribution in [0.25, 0.3) is 0 Å². The number of aryl methyl sites for hydroxylation is 1. The fraction of sp³-hybridized carbons (Fsp3) is 0.667. The van der Waals surface area contributed by atoms with Crippen LogP contribution >= 0.6 is 24.0 Å². The normalized spacial score (nSPS) is 17.1. The summed E-state index contributed by atoms with van der Waals surface area (Å²) >= 11 is 0. The zero-order valence-corrected chi connectivity index (χ0v) is 20.1. The van der Waals surface area contributed by atoms with Gasteiger partial charge in [-0.25, -0.2) is 0 Å². The lowest BCUT2D eigenvalue weighted by Crippen LogP contribution is -2.45. The average molecular weight is 504 g/mol. The van der Waals surface area contributed by atoms with E-state index in [0.717, 1.165) is 49.9 Å². The van der Waals surface area contributed by atoms with Crippen LogP contribution in [0, 0.1) is 0 Å². The summed E-state index contributed by atoms with van der Waals surface area (Å²) in [5, 5.41) is 6.90. The number of guanidine groups is 1. The van der Waals surface area contributed by atoms with Gasteiger partial charge in [-0.3, -0.25) is 9.89 Å². The quantitative estimate of drug-likeness (QED) is 0.222. The average Bonchev–Trinajstić information content (AvgIpc) is 3.15. The Morgan fingerprint density at radius 3 is 2.75 bits per heavy atom. The zero-order valence-electron chi connectivity index (χ0n) is 17.8. The number of aliphatic imine (C=N–C) groups is 1. The van der Waals surface area contributed by atoms with Crippen molar-refractivity contribution in [2.45, 2.75) is 45.6 Å². The molecule has 28 heavy (non-hydrogen) atoms. The van der Waals surface area contributed by atoms with Crippen LogP contribution in [0.1, 0.15) is 38.7 Å². The van der Waals surface area contributed by atoms with Gasteiger partial charge in [-0.2, -0.15) is 0 Å². The van der Waals surface area contributed by atoms with Gasteiger partial charge in [-0.1, -0.05) is 13.0 Å². The molecule has 1 unspecified atom stereocenters. The Hall–Kier alpha value is -1.22. The smallest absolute Gasteiger partial charge is 0.191 e. The second kappa shape index (κ2) is 13.9. The number of halogens is 1. The molecule has 2 rings (SSSR count). The van der Waals surface area contributed by atoms with Crippen molar-refractivity contribution in [3.8, 4) is 11.5 Å². The Balaban J connectivity index is 0.00000392. The van der Waals surface area contributed by atoms with Crippen LogP contribution in [-0.4, -0.2) is 63.8 Å². The Morgan fingerprint density at radius 2 is 2.07 bits per heavy atom. The lowest BCUT2D eigenvalue weighted by molar-refractivity contribution is 0.267. The Morgan fingerprint density at radius 1 is 1.25 bits per heavy atom. The summed E-state index contributed by atoms with van der Waals surface area (Å²) in [7, 11) is 3.50.